The molecule has 0 unspecified atom stereocenters. The zero-order valence-corrected chi connectivity index (χ0v) is 13.6. The zero-order valence-electron chi connectivity index (χ0n) is 13.6. The predicted molar refractivity (Wildman–Crippen MR) is 99.6 cm³/mol. The molecule has 0 saturated carbocycles. The lowest BCUT2D eigenvalue weighted by Crippen LogP contribution is -2.03. The van der Waals surface area contributed by atoms with Crippen molar-refractivity contribution in [3.8, 4) is 22.4 Å². The lowest BCUT2D eigenvalue weighted by atomic mass is 9.98. The number of nitrogens with two attached hydrogens (primary N) is 2. The topological polar surface area (TPSA) is 104 Å². The predicted octanol–water partition coefficient (Wildman–Crippen LogP) is 3.23. The van der Waals surface area contributed by atoms with E-state index < -0.39 is 0 Å². The molecule has 0 spiro atoms. The molecule has 0 amide bonds. The molecule has 122 valence electrons. The number of rotatable bonds is 2. The molecular formula is C19H16N6. The number of benzene rings is 1. The number of nitrogens with zero attached hydrogens (tertiary/aromatic N) is 4. The van der Waals surface area contributed by atoms with Gasteiger partial charge < -0.3 is 11.5 Å². The summed E-state index contributed by atoms with van der Waals surface area (Å²) in [5.74, 6) is 0.704. The molecule has 3 aromatic heterocycles. The number of aromatic nitrogens is 4. The summed E-state index contributed by atoms with van der Waals surface area (Å²) in [7, 11) is 0. The minimum atomic E-state index is 0.237. The fourth-order valence-electron chi connectivity index (χ4n) is 2.92. The van der Waals surface area contributed by atoms with E-state index in [1.54, 1.807) is 18.5 Å². The van der Waals surface area contributed by atoms with Crippen LogP contribution in [-0.2, 0) is 0 Å². The minimum Gasteiger partial charge on any atom is -0.384 e. The third-order valence-electron chi connectivity index (χ3n) is 4.06. The van der Waals surface area contributed by atoms with E-state index in [2.05, 4.69) is 19.9 Å². The first-order valence-corrected chi connectivity index (χ1v) is 7.83. The molecule has 1 aromatic carbocycles. The number of pyridine rings is 2. The molecule has 3 heterocycles. The number of aryl methyl sites for hydroxylation is 1. The Morgan fingerprint density at radius 2 is 1.72 bits per heavy atom. The first-order chi connectivity index (χ1) is 12.1. The van der Waals surface area contributed by atoms with E-state index in [1.165, 1.54) is 0 Å². The van der Waals surface area contributed by atoms with Crippen LogP contribution in [0.15, 0.2) is 54.9 Å². The van der Waals surface area contributed by atoms with Gasteiger partial charge >= 0.3 is 0 Å². The highest BCUT2D eigenvalue weighted by molar-refractivity contribution is 5.88. The van der Waals surface area contributed by atoms with Gasteiger partial charge in [-0.05, 0) is 31.2 Å². The summed E-state index contributed by atoms with van der Waals surface area (Å²) >= 11 is 0. The summed E-state index contributed by atoms with van der Waals surface area (Å²) in [4.78, 5) is 17.4. The SMILES string of the molecule is Cc1nc(N)nc(-c2ccc3cccnc3c2)c1-c1ccc(N)nc1. The molecule has 0 bridgehead atoms. The molecule has 0 atom stereocenters. The van der Waals surface area contributed by atoms with Crippen LogP contribution in [0.5, 0.6) is 0 Å². The Kier molecular flexibility index (Phi) is 3.50. The Balaban J connectivity index is 1.97. The highest BCUT2D eigenvalue weighted by Crippen LogP contribution is 2.34. The third kappa shape index (κ3) is 2.74. The first kappa shape index (κ1) is 15.0. The third-order valence-corrected chi connectivity index (χ3v) is 4.06. The first-order valence-electron chi connectivity index (χ1n) is 7.83. The summed E-state index contributed by atoms with van der Waals surface area (Å²) in [6, 6.07) is 13.7. The van der Waals surface area contributed by atoms with Crippen molar-refractivity contribution in [1.82, 2.24) is 19.9 Å². The average molecular weight is 328 g/mol. The standard InChI is InChI=1S/C19H16N6/c1-11-17(14-6-7-16(20)23-10-14)18(25-19(21)24-11)13-5-4-12-3-2-8-22-15(12)9-13/h2-10H,1H3,(H2,20,23)(H2,21,24,25). The molecule has 6 nitrogen and oxygen atoms in total. The Morgan fingerprint density at radius 3 is 2.52 bits per heavy atom. The van der Waals surface area contributed by atoms with Crippen LogP contribution in [0.2, 0.25) is 0 Å². The number of nitrogen functional groups attached to an aromatic ring is 2. The number of hydrogen-bond donors (Lipinski definition) is 2. The second kappa shape index (κ2) is 5.83. The van der Waals surface area contributed by atoms with Crippen LogP contribution in [0.4, 0.5) is 11.8 Å². The van der Waals surface area contributed by atoms with E-state index in [4.69, 9.17) is 11.5 Å². The highest BCUT2D eigenvalue weighted by Gasteiger charge is 2.15. The molecule has 0 aliphatic rings. The zero-order chi connectivity index (χ0) is 17.4. The van der Waals surface area contributed by atoms with E-state index in [9.17, 15) is 0 Å². The van der Waals surface area contributed by atoms with Crippen molar-refractivity contribution in [2.45, 2.75) is 6.92 Å². The number of anilines is 2. The van der Waals surface area contributed by atoms with E-state index in [0.717, 1.165) is 39.0 Å². The Morgan fingerprint density at radius 1 is 0.880 bits per heavy atom. The van der Waals surface area contributed by atoms with Crippen molar-refractivity contribution in [3.63, 3.8) is 0 Å². The van der Waals surface area contributed by atoms with Crippen LogP contribution < -0.4 is 11.5 Å². The van der Waals surface area contributed by atoms with Crippen molar-refractivity contribution < 1.29 is 0 Å². The molecule has 4 aromatic rings. The maximum atomic E-state index is 5.91. The maximum absolute atomic E-state index is 5.91. The maximum Gasteiger partial charge on any atom is 0.220 e. The largest absolute Gasteiger partial charge is 0.384 e. The smallest absolute Gasteiger partial charge is 0.220 e. The van der Waals surface area contributed by atoms with Crippen LogP contribution in [0.1, 0.15) is 5.69 Å². The molecule has 0 aliphatic carbocycles. The van der Waals surface area contributed by atoms with Crippen LogP contribution in [0, 0.1) is 6.92 Å². The van der Waals surface area contributed by atoms with E-state index in [0.29, 0.717) is 5.82 Å². The van der Waals surface area contributed by atoms with Gasteiger partial charge in [0.25, 0.3) is 0 Å². The molecule has 4 N–H and O–H groups in total. The molecular weight excluding hydrogens is 312 g/mol. The van der Waals surface area contributed by atoms with Crippen molar-refractivity contribution in [1.29, 1.82) is 0 Å². The summed E-state index contributed by atoms with van der Waals surface area (Å²) in [5.41, 5.74) is 16.8. The number of hydrogen-bond acceptors (Lipinski definition) is 6. The Labute approximate surface area is 144 Å². The quantitative estimate of drug-likeness (QED) is 0.585. The second-order valence-electron chi connectivity index (χ2n) is 5.77. The van der Waals surface area contributed by atoms with Gasteiger partial charge in [0.2, 0.25) is 5.95 Å². The van der Waals surface area contributed by atoms with E-state index >= 15 is 0 Å². The molecule has 0 radical (unpaired) electrons. The van der Waals surface area contributed by atoms with Crippen LogP contribution in [-0.4, -0.2) is 19.9 Å². The van der Waals surface area contributed by atoms with Gasteiger partial charge in [-0.3, -0.25) is 4.98 Å². The van der Waals surface area contributed by atoms with Gasteiger partial charge in [-0.15, -0.1) is 0 Å². The van der Waals surface area contributed by atoms with E-state index in [1.807, 2.05) is 43.3 Å². The monoisotopic (exact) mass is 328 g/mol. The van der Waals surface area contributed by atoms with Crippen molar-refractivity contribution >= 4 is 22.7 Å². The molecule has 0 fully saturated rings. The lowest BCUT2D eigenvalue weighted by molar-refractivity contribution is 1.12. The van der Waals surface area contributed by atoms with Gasteiger partial charge in [0.05, 0.1) is 16.9 Å². The molecule has 4 rings (SSSR count). The summed E-state index contributed by atoms with van der Waals surface area (Å²) in [5, 5.41) is 1.07. The fraction of sp³-hybridized carbons (Fsp3) is 0.0526. The summed E-state index contributed by atoms with van der Waals surface area (Å²) < 4.78 is 0. The van der Waals surface area contributed by atoms with Gasteiger partial charge in [0, 0.05) is 34.5 Å². The molecule has 0 saturated heterocycles. The Bertz CT molecular complexity index is 1070. The second-order valence-corrected chi connectivity index (χ2v) is 5.77. The fourth-order valence-corrected chi connectivity index (χ4v) is 2.92. The summed E-state index contributed by atoms with van der Waals surface area (Å²) in [6.45, 7) is 1.91. The van der Waals surface area contributed by atoms with Crippen molar-refractivity contribution in [3.05, 3.63) is 60.6 Å². The van der Waals surface area contributed by atoms with Gasteiger partial charge in [-0.25, -0.2) is 15.0 Å². The van der Waals surface area contributed by atoms with Gasteiger partial charge in [0.1, 0.15) is 5.82 Å². The van der Waals surface area contributed by atoms with Gasteiger partial charge in [0.15, 0.2) is 0 Å². The van der Waals surface area contributed by atoms with Crippen molar-refractivity contribution in [2.75, 3.05) is 11.5 Å². The molecule has 0 aliphatic heterocycles. The molecule has 25 heavy (non-hydrogen) atoms. The normalized spacial score (nSPS) is 10.9. The lowest BCUT2D eigenvalue weighted by Gasteiger charge is -2.13. The van der Waals surface area contributed by atoms with Crippen LogP contribution >= 0.6 is 0 Å². The van der Waals surface area contributed by atoms with Crippen molar-refractivity contribution in [2.24, 2.45) is 0 Å². The van der Waals surface area contributed by atoms with Gasteiger partial charge in [-0.2, -0.15) is 0 Å². The molecule has 6 heteroatoms. The van der Waals surface area contributed by atoms with Crippen LogP contribution in [0.25, 0.3) is 33.3 Å². The Hall–Kier alpha value is -3.54. The minimum absolute atomic E-state index is 0.237. The van der Waals surface area contributed by atoms with Crippen LogP contribution in [0.3, 0.4) is 0 Å². The van der Waals surface area contributed by atoms with Gasteiger partial charge in [-0.1, -0.05) is 18.2 Å². The summed E-state index contributed by atoms with van der Waals surface area (Å²) in [6.07, 6.45) is 3.50. The van der Waals surface area contributed by atoms with E-state index in [-0.39, 0.29) is 5.95 Å². The number of fused-ring (bicyclic) bond motifs is 1. The highest BCUT2D eigenvalue weighted by atomic mass is 15.0. The average Bonchev–Trinajstić information content (AvgIpc) is 2.62.